The first-order valence-corrected chi connectivity index (χ1v) is 10.3. The van der Waals surface area contributed by atoms with E-state index in [4.69, 9.17) is 11.6 Å². The maximum absolute atomic E-state index is 12.6. The second kappa shape index (κ2) is 9.24. The minimum absolute atomic E-state index is 0.200. The van der Waals surface area contributed by atoms with Crippen LogP contribution in [0.4, 0.5) is 11.5 Å². The van der Waals surface area contributed by atoms with Gasteiger partial charge < -0.3 is 10.6 Å². The number of H-pyrrole nitrogens is 1. The molecule has 1 aromatic heterocycles. The molecule has 0 aliphatic heterocycles. The highest BCUT2D eigenvalue weighted by molar-refractivity contribution is 9.10. The molecule has 2 aromatic carbocycles. The van der Waals surface area contributed by atoms with E-state index in [1.54, 1.807) is 24.3 Å². The summed E-state index contributed by atoms with van der Waals surface area (Å²) in [6.45, 7) is 4.30. The third-order valence-corrected chi connectivity index (χ3v) is 5.74. The van der Waals surface area contributed by atoms with Crippen LogP contribution in [0.15, 0.2) is 53.0 Å². The molecule has 8 heteroatoms. The Kier molecular flexibility index (Phi) is 6.71. The van der Waals surface area contributed by atoms with Crippen molar-refractivity contribution in [2.45, 2.75) is 26.2 Å². The van der Waals surface area contributed by atoms with E-state index in [1.165, 1.54) is 5.56 Å². The summed E-state index contributed by atoms with van der Waals surface area (Å²) in [5.74, 6) is -0.132. The van der Waals surface area contributed by atoms with E-state index < -0.39 is 5.91 Å². The fraction of sp³-hybridized carbons (Fsp3) is 0.190. The Morgan fingerprint density at radius 2 is 1.79 bits per heavy atom. The zero-order valence-electron chi connectivity index (χ0n) is 15.9. The lowest BCUT2D eigenvalue weighted by molar-refractivity contribution is 0.101. The molecule has 0 aliphatic rings. The van der Waals surface area contributed by atoms with Crippen LogP contribution in [0.25, 0.3) is 0 Å². The van der Waals surface area contributed by atoms with Gasteiger partial charge in [0.05, 0.1) is 15.1 Å². The SMILES string of the molecule is CCC(C)c1ccc(NC(=O)c2[nH]nc(NC(=O)c3ccccc3Cl)c2Br)cc1. The van der Waals surface area contributed by atoms with Crippen LogP contribution < -0.4 is 10.6 Å². The Balaban J connectivity index is 1.71. The van der Waals surface area contributed by atoms with E-state index in [9.17, 15) is 9.59 Å². The molecule has 1 unspecified atom stereocenters. The van der Waals surface area contributed by atoms with Crippen molar-refractivity contribution in [3.05, 3.63) is 74.8 Å². The molecule has 6 nitrogen and oxygen atoms in total. The standard InChI is InChI=1S/C21H20BrClN4O2/c1-3-12(2)13-8-10-14(11-9-13)24-21(29)18-17(22)19(27-26-18)25-20(28)15-6-4-5-7-16(15)23/h4-12H,3H2,1-2H3,(H,24,29)(H2,25,26,27,28). The maximum atomic E-state index is 12.6. The molecule has 2 amide bonds. The number of hydrogen-bond donors (Lipinski definition) is 3. The molecular formula is C21H20BrClN4O2. The number of amides is 2. The van der Waals surface area contributed by atoms with Gasteiger partial charge in [0, 0.05) is 5.69 Å². The first-order chi connectivity index (χ1) is 13.9. The van der Waals surface area contributed by atoms with Crippen LogP contribution in [-0.2, 0) is 0 Å². The van der Waals surface area contributed by atoms with Gasteiger partial charge in [0.15, 0.2) is 5.82 Å². The van der Waals surface area contributed by atoms with E-state index in [1.807, 2.05) is 24.3 Å². The Bertz CT molecular complexity index is 1030. The fourth-order valence-corrected chi connectivity index (χ4v) is 3.38. The number of anilines is 2. The van der Waals surface area contributed by atoms with Crippen LogP contribution in [0.3, 0.4) is 0 Å². The molecule has 0 saturated heterocycles. The molecule has 150 valence electrons. The summed E-state index contributed by atoms with van der Waals surface area (Å²) < 4.78 is 0.353. The highest BCUT2D eigenvalue weighted by atomic mass is 79.9. The molecule has 3 aromatic rings. The highest BCUT2D eigenvalue weighted by Crippen LogP contribution is 2.26. The number of hydrogen-bond acceptors (Lipinski definition) is 3. The van der Waals surface area contributed by atoms with Crippen molar-refractivity contribution in [3.8, 4) is 0 Å². The Hall–Kier alpha value is -2.64. The van der Waals surface area contributed by atoms with Crippen molar-refractivity contribution in [3.63, 3.8) is 0 Å². The van der Waals surface area contributed by atoms with Crippen molar-refractivity contribution in [2.24, 2.45) is 0 Å². The molecule has 3 N–H and O–H groups in total. The molecule has 0 bridgehead atoms. The smallest absolute Gasteiger partial charge is 0.274 e. The summed E-state index contributed by atoms with van der Waals surface area (Å²) in [7, 11) is 0. The third kappa shape index (κ3) is 4.86. The first-order valence-electron chi connectivity index (χ1n) is 9.11. The van der Waals surface area contributed by atoms with E-state index in [2.05, 4.69) is 50.6 Å². The van der Waals surface area contributed by atoms with Gasteiger partial charge >= 0.3 is 0 Å². The topological polar surface area (TPSA) is 86.9 Å². The predicted octanol–water partition coefficient (Wildman–Crippen LogP) is 5.84. The average molecular weight is 476 g/mol. The van der Waals surface area contributed by atoms with Crippen molar-refractivity contribution >= 4 is 50.9 Å². The highest BCUT2D eigenvalue weighted by Gasteiger charge is 2.20. The molecular weight excluding hydrogens is 456 g/mol. The van der Waals surface area contributed by atoms with Gasteiger partial charge in [-0.15, -0.1) is 0 Å². The largest absolute Gasteiger partial charge is 0.321 e. The minimum Gasteiger partial charge on any atom is -0.321 e. The summed E-state index contributed by atoms with van der Waals surface area (Å²) >= 11 is 9.37. The number of aromatic amines is 1. The molecule has 0 spiro atoms. The molecule has 3 rings (SSSR count). The van der Waals surface area contributed by atoms with Crippen molar-refractivity contribution in [2.75, 3.05) is 10.6 Å². The van der Waals surface area contributed by atoms with Crippen LogP contribution in [0.2, 0.25) is 5.02 Å². The molecule has 0 radical (unpaired) electrons. The van der Waals surface area contributed by atoms with E-state index in [0.29, 0.717) is 26.7 Å². The number of benzene rings is 2. The summed E-state index contributed by atoms with van der Waals surface area (Å²) in [6, 6.07) is 14.4. The van der Waals surface area contributed by atoms with Gasteiger partial charge in [0.25, 0.3) is 11.8 Å². The van der Waals surface area contributed by atoms with Crippen LogP contribution >= 0.6 is 27.5 Å². The number of aromatic nitrogens is 2. The number of nitrogens with one attached hydrogen (secondary N) is 3. The van der Waals surface area contributed by atoms with Gasteiger partial charge in [-0.3, -0.25) is 14.7 Å². The van der Waals surface area contributed by atoms with Crippen molar-refractivity contribution in [1.82, 2.24) is 10.2 Å². The molecule has 0 fully saturated rings. The third-order valence-electron chi connectivity index (χ3n) is 4.63. The van der Waals surface area contributed by atoms with E-state index in [0.717, 1.165) is 6.42 Å². The lowest BCUT2D eigenvalue weighted by Crippen LogP contribution is -2.14. The van der Waals surface area contributed by atoms with E-state index >= 15 is 0 Å². The second-order valence-corrected chi connectivity index (χ2v) is 7.78. The van der Waals surface area contributed by atoms with Gasteiger partial charge in [-0.25, -0.2) is 0 Å². The summed E-state index contributed by atoms with van der Waals surface area (Å²) in [5.41, 5.74) is 2.41. The molecule has 1 atom stereocenters. The maximum Gasteiger partial charge on any atom is 0.274 e. The fourth-order valence-electron chi connectivity index (χ4n) is 2.71. The van der Waals surface area contributed by atoms with Crippen LogP contribution in [0.1, 0.15) is 52.6 Å². The zero-order chi connectivity index (χ0) is 21.0. The number of halogens is 2. The molecule has 0 saturated carbocycles. The van der Waals surface area contributed by atoms with E-state index in [-0.39, 0.29) is 17.4 Å². The monoisotopic (exact) mass is 474 g/mol. The molecule has 0 aliphatic carbocycles. The van der Waals surface area contributed by atoms with Gasteiger partial charge in [-0.2, -0.15) is 5.10 Å². The number of carbonyl (C=O) groups excluding carboxylic acids is 2. The van der Waals surface area contributed by atoms with Crippen molar-refractivity contribution < 1.29 is 9.59 Å². The molecule has 29 heavy (non-hydrogen) atoms. The number of nitrogens with zero attached hydrogens (tertiary/aromatic N) is 1. The normalized spacial score (nSPS) is 11.7. The van der Waals surface area contributed by atoms with Gasteiger partial charge in [-0.1, -0.05) is 49.7 Å². The van der Waals surface area contributed by atoms with Gasteiger partial charge in [0.2, 0.25) is 0 Å². The van der Waals surface area contributed by atoms with Crippen LogP contribution in [0.5, 0.6) is 0 Å². The average Bonchev–Trinajstić information content (AvgIpc) is 3.08. The second-order valence-electron chi connectivity index (χ2n) is 6.58. The summed E-state index contributed by atoms with van der Waals surface area (Å²) in [5, 5.41) is 12.4. The Morgan fingerprint density at radius 1 is 1.10 bits per heavy atom. The van der Waals surface area contributed by atoms with Crippen molar-refractivity contribution in [1.29, 1.82) is 0 Å². The van der Waals surface area contributed by atoms with Crippen LogP contribution in [-0.4, -0.2) is 22.0 Å². The Morgan fingerprint density at radius 3 is 2.45 bits per heavy atom. The summed E-state index contributed by atoms with van der Waals surface area (Å²) in [6.07, 6.45) is 1.05. The lowest BCUT2D eigenvalue weighted by Gasteiger charge is -2.10. The first kappa shape index (κ1) is 21.1. The number of rotatable bonds is 6. The van der Waals surface area contributed by atoms with Gasteiger partial charge in [0.1, 0.15) is 5.69 Å². The summed E-state index contributed by atoms with van der Waals surface area (Å²) in [4.78, 5) is 25.0. The molecule has 1 heterocycles. The van der Waals surface area contributed by atoms with Gasteiger partial charge in [-0.05, 0) is 58.1 Å². The van der Waals surface area contributed by atoms with Crippen LogP contribution in [0, 0.1) is 0 Å². The lowest BCUT2D eigenvalue weighted by atomic mass is 9.99. The number of carbonyl (C=O) groups is 2. The zero-order valence-corrected chi connectivity index (χ0v) is 18.3. The minimum atomic E-state index is -0.421. The predicted molar refractivity (Wildman–Crippen MR) is 119 cm³/mol. The quantitative estimate of drug-likeness (QED) is 0.418. The Labute approximate surface area is 182 Å².